The predicted molar refractivity (Wildman–Crippen MR) is 62.8 cm³/mol. The summed E-state index contributed by atoms with van der Waals surface area (Å²) >= 11 is 4.42. The number of pyridine rings is 1. The number of fused-ring (bicyclic) bond motifs is 1. The summed E-state index contributed by atoms with van der Waals surface area (Å²) < 4.78 is 2.04. The van der Waals surface area contributed by atoms with E-state index in [0.29, 0.717) is 0 Å². The molecule has 2 aromatic heterocycles. The van der Waals surface area contributed by atoms with E-state index in [4.69, 9.17) is 0 Å². The van der Waals surface area contributed by atoms with Crippen LogP contribution in [-0.4, -0.2) is 15.2 Å². The maximum atomic E-state index is 4.22. The van der Waals surface area contributed by atoms with Crippen molar-refractivity contribution in [3.8, 4) is 0 Å². The second kappa shape index (κ2) is 3.36. The molecule has 0 unspecified atom stereocenters. The van der Waals surface area contributed by atoms with Gasteiger partial charge in [0.05, 0.1) is 9.77 Å². The Bertz CT molecular complexity index is 430. The van der Waals surface area contributed by atoms with Gasteiger partial charge in [0.2, 0.25) is 0 Å². The van der Waals surface area contributed by atoms with E-state index in [-0.39, 0.29) is 0 Å². The molecule has 0 aromatic carbocycles. The molecule has 0 saturated heterocycles. The summed E-state index contributed by atoms with van der Waals surface area (Å²) in [7, 11) is 0. The van der Waals surface area contributed by atoms with E-state index in [1.807, 2.05) is 12.3 Å². The third kappa shape index (κ3) is 1.39. The van der Waals surface area contributed by atoms with Crippen LogP contribution < -0.4 is 0 Å². The van der Waals surface area contributed by atoms with Crippen LogP contribution in [0.15, 0.2) is 18.5 Å². The molecule has 0 spiro atoms. The largest absolute Gasteiger partial charge is 0.248 e. The fourth-order valence-corrected chi connectivity index (χ4v) is 1.85. The minimum absolute atomic E-state index is 0.928. The van der Waals surface area contributed by atoms with Crippen LogP contribution in [0.5, 0.6) is 0 Å². The van der Waals surface area contributed by atoms with Crippen molar-refractivity contribution in [3.63, 3.8) is 0 Å². The summed E-state index contributed by atoms with van der Waals surface area (Å²) in [5, 5.41) is 8.91. The fourth-order valence-electron chi connectivity index (χ4n) is 0.897. The highest BCUT2D eigenvalue weighted by Gasteiger charge is 2.04. The number of rotatable bonds is 0. The molecule has 0 fully saturated rings. The van der Waals surface area contributed by atoms with Crippen LogP contribution in [0.25, 0.3) is 10.9 Å². The molecule has 0 aliphatic carbocycles. The lowest BCUT2D eigenvalue weighted by Gasteiger charge is -1.98. The van der Waals surface area contributed by atoms with Gasteiger partial charge in [-0.2, -0.15) is 5.10 Å². The van der Waals surface area contributed by atoms with Crippen LogP contribution in [-0.2, 0) is 0 Å². The highest BCUT2D eigenvalue weighted by molar-refractivity contribution is 14.1. The molecule has 2 aromatic rings. The van der Waals surface area contributed by atoms with Gasteiger partial charge >= 0.3 is 0 Å². The molecule has 0 aliphatic rings. The Morgan fingerprint density at radius 1 is 1.25 bits per heavy atom. The summed E-state index contributed by atoms with van der Waals surface area (Å²) in [5.74, 6) is 0. The number of halogens is 2. The fraction of sp³-hybridized carbons (Fsp3) is 0. The zero-order chi connectivity index (χ0) is 8.55. The number of hydrogen-bond acceptors (Lipinski definition) is 3. The standard InChI is InChI=1S/C7H3I2N3/c8-5-6-4(1-2-11-12-6)3-10-7(5)9/h1-3H. The average Bonchev–Trinajstić information content (AvgIpc) is 2.12. The molecule has 12 heavy (non-hydrogen) atoms. The van der Waals surface area contributed by atoms with Crippen molar-refractivity contribution in [2.45, 2.75) is 0 Å². The van der Waals surface area contributed by atoms with Gasteiger partial charge in [-0.05, 0) is 51.2 Å². The van der Waals surface area contributed by atoms with E-state index in [0.717, 1.165) is 18.2 Å². The zero-order valence-electron chi connectivity index (χ0n) is 5.83. The molecule has 3 nitrogen and oxygen atoms in total. The van der Waals surface area contributed by atoms with E-state index in [2.05, 4.69) is 60.4 Å². The van der Waals surface area contributed by atoms with Crippen molar-refractivity contribution in [2.24, 2.45) is 0 Å². The van der Waals surface area contributed by atoms with Gasteiger partial charge in [-0.25, -0.2) is 4.98 Å². The summed E-state index contributed by atoms with van der Waals surface area (Å²) in [6, 6.07) is 1.91. The van der Waals surface area contributed by atoms with Crippen molar-refractivity contribution in [3.05, 3.63) is 25.7 Å². The van der Waals surface area contributed by atoms with Crippen molar-refractivity contribution in [1.82, 2.24) is 15.2 Å². The van der Waals surface area contributed by atoms with E-state index in [9.17, 15) is 0 Å². The minimum atomic E-state index is 0.928. The smallest absolute Gasteiger partial charge is 0.116 e. The average molecular weight is 383 g/mol. The van der Waals surface area contributed by atoms with Crippen LogP contribution >= 0.6 is 45.2 Å². The van der Waals surface area contributed by atoms with Crippen LogP contribution in [0.3, 0.4) is 0 Å². The Hall–Kier alpha value is -0.0500. The second-order valence-electron chi connectivity index (χ2n) is 2.20. The lowest BCUT2D eigenvalue weighted by molar-refractivity contribution is 1.06. The van der Waals surface area contributed by atoms with Crippen molar-refractivity contribution in [1.29, 1.82) is 0 Å². The Kier molecular flexibility index (Phi) is 2.40. The summed E-state index contributed by atoms with van der Waals surface area (Å²) in [5.41, 5.74) is 0.928. The molecule has 0 bridgehead atoms. The molecule has 60 valence electrons. The summed E-state index contributed by atoms with van der Waals surface area (Å²) in [6.45, 7) is 0. The quantitative estimate of drug-likeness (QED) is 0.518. The zero-order valence-corrected chi connectivity index (χ0v) is 10.1. The molecule has 2 rings (SSSR count). The molecule has 0 saturated carbocycles. The van der Waals surface area contributed by atoms with Crippen LogP contribution in [0.4, 0.5) is 0 Å². The predicted octanol–water partition coefficient (Wildman–Crippen LogP) is 2.23. The van der Waals surface area contributed by atoms with Gasteiger partial charge in [-0.1, -0.05) is 0 Å². The third-order valence-corrected chi connectivity index (χ3v) is 4.33. The monoisotopic (exact) mass is 383 g/mol. The molecule has 0 radical (unpaired) electrons. The topological polar surface area (TPSA) is 38.7 Å². The first-order chi connectivity index (χ1) is 5.79. The summed E-state index contributed by atoms with van der Waals surface area (Å²) in [4.78, 5) is 4.22. The Morgan fingerprint density at radius 3 is 2.92 bits per heavy atom. The van der Waals surface area contributed by atoms with Gasteiger partial charge in [0.15, 0.2) is 0 Å². The Morgan fingerprint density at radius 2 is 2.08 bits per heavy atom. The lowest BCUT2D eigenvalue weighted by Crippen LogP contribution is -1.91. The molecule has 0 atom stereocenters. The van der Waals surface area contributed by atoms with Crippen LogP contribution in [0, 0.1) is 7.27 Å². The molecule has 0 N–H and O–H groups in total. The normalized spacial score (nSPS) is 10.5. The highest BCUT2D eigenvalue weighted by Crippen LogP contribution is 2.20. The maximum absolute atomic E-state index is 4.22. The molecule has 5 heteroatoms. The Balaban J connectivity index is 2.91. The molecular weight excluding hydrogens is 380 g/mol. The van der Waals surface area contributed by atoms with Crippen LogP contribution in [0.1, 0.15) is 0 Å². The number of nitrogens with zero attached hydrogens (tertiary/aromatic N) is 3. The minimum Gasteiger partial charge on any atom is -0.248 e. The maximum Gasteiger partial charge on any atom is 0.116 e. The van der Waals surface area contributed by atoms with Gasteiger partial charge in [0.1, 0.15) is 9.22 Å². The molecule has 0 amide bonds. The first-order valence-electron chi connectivity index (χ1n) is 3.20. The van der Waals surface area contributed by atoms with Gasteiger partial charge in [-0.3, -0.25) is 0 Å². The van der Waals surface area contributed by atoms with Crippen LogP contribution in [0.2, 0.25) is 0 Å². The van der Waals surface area contributed by atoms with E-state index < -0.39 is 0 Å². The van der Waals surface area contributed by atoms with Gasteiger partial charge < -0.3 is 0 Å². The first kappa shape index (κ1) is 8.54. The van der Waals surface area contributed by atoms with Crippen molar-refractivity contribution < 1.29 is 0 Å². The third-order valence-electron chi connectivity index (χ3n) is 1.46. The lowest BCUT2D eigenvalue weighted by atomic mass is 10.3. The highest BCUT2D eigenvalue weighted by atomic mass is 127. The van der Waals surface area contributed by atoms with E-state index >= 15 is 0 Å². The van der Waals surface area contributed by atoms with Gasteiger partial charge in [0.25, 0.3) is 0 Å². The first-order valence-corrected chi connectivity index (χ1v) is 5.36. The van der Waals surface area contributed by atoms with E-state index in [1.165, 1.54) is 0 Å². The molecule has 2 heterocycles. The van der Waals surface area contributed by atoms with Crippen molar-refractivity contribution >= 4 is 56.1 Å². The Labute approximate surface area is 96.3 Å². The van der Waals surface area contributed by atoms with Gasteiger partial charge in [-0.15, -0.1) is 5.10 Å². The summed E-state index contributed by atoms with van der Waals surface area (Å²) in [6.07, 6.45) is 3.49. The molecule has 0 aliphatic heterocycles. The SMILES string of the molecule is Ic1ncc2ccnnc2c1I. The number of hydrogen-bond donors (Lipinski definition) is 0. The molecular formula is C7H3I2N3. The number of aromatic nitrogens is 3. The van der Waals surface area contributed by atoms with Crippen molar-refractivity contribution in [2.75, 3.05) is 0 Å². The second-order valence-corrected chi connectivity index (χ2v) is 4.30. The van der Waals surface area contributed by atoms with Gasteiger partial charge in [0, 0.05) is 11.6 Å². The van der Waals surface area contributed by atoms with E-state index in [1.54, 1.807) is 6.20 Å².